The van der Waals surface area contributed by atoms with Crippen molar-refractivity contribution in [2.24, 2.45) is 0 Å². The quantitative estimate of drug-likeness (QED) is 0.762. The lowest BCUT2D eigenvalue weighted by Gasteiger charge is -2.26. The zero-order valence-electron chi connectivity index (χ0n) is 10.0. The van der Waals surface area contributed by atoms with E-state index in [1.54, 1.807) is 18.2 Å². The van der Waals surface area contributed by atoms with Gasteiger partial charge in [-0.3, -0.25) is 4.79 Å². The molecule has 94 valence electrons. The minimum Gasteiger partial charge on any atom is -0.395 e. The molecule has 3 nitrogen and oxygen atoms in total. The van der Waals surface area contributed by atoms with Crippen LogP contribution >= 0.6 is 11.6 Å². The van der Waals surface area contributed by atoms with Gasteiger partial charge < -0.3 is 10.0 Å². The Bertz CT molecular complexity index is 368. The highest BCUT2D eigenvalue weighted by atomic mass is 35.5. The molecular formula is C13H18ClNO2. The number of carbonyl (C=O) groups is 1. The lowest BCUT2D eigenvalue weighted by molar-refractivity contribution is 0.112. The molecule has 0 heterocycles. The minimum absolute atomic E-state index is 0.0488. The maximum absolute atomic E-state index is 11.0. The Kier molecular flexibility index (Phi) is 6.01. The van der Waals surface area contributed by atoms with Gasteiger partial charge in [-0.25, -0.2) is 0 Å². The number of aldehydes is 1. The van der Waals surface area contributed by atoms with Gasteiger partial charge in [0.15, 0.2) is 6.29 Å². The standard InChI is InChI=1S/C13H18ClNO2/c1-2-3-7-15(8-9-16)13-11(10-17)5-4-6-12(13)14/h4-6,10,16H,2-3,7-9H2,1H3. The van der Waals surface area contributed by atoms with E-state index in [2.05, 4.69) is 6.92 Å². The summed E-state index contributed by atoms with van der Waals surface area (Å²) in [5, 5.41) is 9.63. The molecule has 0 aliphatic rings. The van der Waals surface area contributed by atoms with E-state index in [4.69, 9.17) is 16.7 Å². The van der Waals surface area contributed by atoms with Gasteiger partial charge in [-0.05, 0) is 18.6 Å². The van der Waals surface area contributed by atoms with Crippen LogP contribution in [-0.2, 0) is 0 Å². The first kappa shape index (κ1) is 14.0. The van der Waals surface area contributed by atoms with E-state index < -0.39 is 0 Å². The molecule has 0 bridgehead atoms. The first-order valence-corrected chi connectivity index (χ1v) is 6.21. The van der Waals surface area contributed by atoms with Gasteiger partial charge in [0.05, 0.1) is 17.3 Å². The van der Waals surface area contributed by atoms with Crippen LogP contribution < -0.4 is 4.90 Å². The maximum atomic E-state index is 11.0. The van der Waals surface area contributed by atoms with Gasteiger partial charge in [-0.2, -0.15) is 0 Å². The Morgan fingerprint density at radius 2 is 2.18 bits per heavy atom. The molecule has 0 radical (unpaired) electrons. The van der Waals surface area contributed by atoms with Crippen LogP contribution in [0, 0.1) is 0 Å². The van der Waals surface area contributed by atoms with Crippen LogP contribution in [0.15, 0.2) is 18.2 Å². The van der Waals surface area contributed by atoms with Crippen LogP contribution in [0.2, 0.25) is 5.02 Å². The molecule has 0 spiro atoms. The maximum Gasteiger partial charge on any atom is 0.152 e. The third-order valence-electron chi connectivity index (χ3n) is 2.61. The summed E-state index contributed by atoms with van der Waals surface area (Å²) in [6, 6.07) is 5.26. The van der Waals surface area contributed by atoms with Crippen molar-refractivity contribution < 1.29 is 9.90 Å². The number of anilines is 1. The molecule has 0 saturated heterocycles. The van der Waals surface area contributed by atoms with E-state index >= 15 is 0 Å². The predicted molar refractivity (Wildman–Crippen MR) is 71.0 cm³/mol. The molecule has 1 N–H and O–H groups in total. The highest BCUT2D eigenvalue weighted by molar-refractivity contribution is 6.33. The second-order valence-electron chi connectivity index (χ2n) is 3.86. The van der Waals surface area contributed by atoms with Crippen LogP contribution in [0.25, 0.3) is 0 Å². The fourth-order valence-corrected chi connectivity index (χ4v) is 2.07. The summed E-state index contributed by atoms with van der Waals surface area (Å²) in [5.41, 5.74) is 1.30. The number of aliphatic hydroxyl groups is 1. The third kappa shape index (κ3) is 3.72. The first-order chi connectivity index (χ1) is 8.24. The summed E-state index contributed by atoms with van der Waals surface area (Å²) < 4.78 is 0. The number of benzene rings is 1. The van der Waals surface area contributed by atoms with Gasteiger partial charge in [0.1, 0.15) is 0 Å². The molecule has 1 rings (SSSR count). The Morgan fingerprint density at radius 1 is 1.41 bits per heavy atom. The molecule has 0 unspecified atom stereocenters. The number of aliphatic hydroxyl groups excluding tert-OH is 1. The van der Waals surface area contributed by atoms with Gasteiger partial charge in [0.25, 0.3) is 0 Å². The highest BCUT2D eigenvalue weighted by Gasteiger charge is 2.13. The van der Waals surface area contributed by atoms with Crippen molar-refractivity contribution in [2.45, 2.75) is 19.8 Å². The van der Waals surface area contributed by atoms with Crippen LogP contribution in [0.4, 0.5) is 5.69 Å². The lowest BCUT2D eigenvalue weighted by atomic mass is 10.1. The van der Waals surface area contributed by atoms with Crippen molar-refractivity contribution in [1.82, 2.24) is 0 Å². The zero-order valence-corrected chi connectivity index (χ0v) is 10.8. The molecule has 0 atom stereocenters. The smallest absolute Gasteiger partial charge is 0.152 e. The SMILES string of the molecule is CCCCN(CCO)c1c(Cl)cccc1C=O. The number of carbonyl (C=O) groups excluding carboxylic acids is 1. The van der Waals surface area contributed by atoms with E-state index in [9.17, 15) is 4.79 Å². The summed E-state index contributed by atoms with van der Waals surface area (Å²) in [7, 11) is 0. The van der Waals surface area contributed by atoms with Crippen LogP contribution in [-0.4, -0.2) is 31.1 Å². The molecule has 0 aliphatic carbocycles. The van der Waals surface area contributed by atoms with Crippen LogP contribution in [0.3, 0.4) is 0 Å². The zero-order chi connectivity index (χ0) is 12.7. The van der Waals surface area contributed by atoms with Gasteiger partial charge in [-0.15, -0.1) is 0 Å². The molecule has 0 aromatic heterocycles. The fourth-order valence-electron chi connectivity index (χ4n) is 1.77. The largest absolute Gasteiger partial charge is 0.395 e. The van der Waals surface area contributed by atoms with Crippen molar-refractivity contribution in [3.8, 4) is 0 Å². The average molecular weight is 256 g/mol. The highest BCUT2D eigenvalue weighted by Crippen LogP contribution is 2.29. The summed E-state index contributed by atoms with van der Waals surface area (Å²) in [5.74, 6) is 0. The Hall–Kier alpha value is -1.06. The topological polar surface area (TPSA) is 40.5 Å². The van der Waals surface area contributed by atoms with Gasteiger partial charge in [-0.1, -0.05) is 31.0 Å². The Labute approximate surface area is 107 Å². The lowest BCUT2D eigenvalue weighted by Crippen LogP contribution is -2.29. The van der Waals surface area contributed by atoms with Gasteiger partial charge in [0.2, 0.25) is 0 Å². The predicted octanol–water partition coefficient (Wildman–Crippen LogP) is 2.75. The third-order valence-corrected chi connectivity index (χ3v) is 2.92. The molecule has 0 amide bonds. The summed E-state index contributed by atoms with van der Waals surface area (Å²) >= 11 is 6.14. The fraction of sp³-hybridized carbons (Fsp3) is 0.462. The van der Waals surface area contributed by atoms with Crippen molar-refractivity contribution >= 4 is 23.6 Å². The van der Waals surface area contributed by atoms with Gasteiger partial charge in [0, 0.05) is 18.7 Å². The molecule has 0 aliphatic heterocycles. The minimum atomic E-state index is 0.0488. The summed E-state index contributed by atoms with van der Waals surface area (Å²) in [4.78, 5) is 13.0. The number of para-hydroxylation sites is 1. The number of hydrogen-bond donors (Lipinski definition) is 1. The second kappa shape index (κ2) is 7.30. The van der Waals surface area contributed by atoms with Crippen molar-refractivity contribution in [3.63, 3.8) is 0 Å². The Balaban J connectivity index is 3.02. The van der Waals surface area contributed by atoms with E-state index in [0.29, 0.717) is 17.1 Å². The summed E-state index contributed by atoms with van der Waals surface area (Å²) in [6.07, 6.45) is 2.86. The number of hydrogen-bond acceptors (Lipinski definition) is 3. The molecular weight excluding hydrogens is 238 g/mol. The van der Waals surface area contributed by atoms with Crippen molar-refractivity contribution in [2.75, 3.05) is 24.6 Å². The molecule has 17 heavy (non-hydrogen) atoms. The van der Waals surface area contributed by atoms with Crippen molar-refractivity contribution in [1.29, 1.82) is 0 Å². The average Bonchev–Trinajstić information content (AvgIpc) is 2.34. The first-order valence-electron chi connectivity index (χ1n) is 5.84. The van der Waals surface area contributed by atoms with Crippen LogP contribution in [0.5, 0.6) is 0 Å². The number of rotatable bonds is 7. The monoisotopic (exact) mass is 255 g/mol. The molecule has 1 aromatic carbocycles. The van der Waals surface area contributed by atoms with E-state index in [0.717, 1.165) is 31.4 Å². The molecule has 4 heteroatoms. The van der Waals surface area contributed by atoms with E-state index in [-0.39, 0.29) is 6.61 Å². The summed E-state index contributed by atoms with van der Waals surface area (Å²) in [6.45, 7) is 3.43. The van der Waals surface area contributed by atoms with E-state index in [1.165, 1.54) is 0 Å². The van der Waals surface area contributed by atoms with Crippen LogP contribution in [0.1, 0.15) is 30.1 Å². The van der Waals surface area contributed by atoms with E-state index in [1.807, 2.05) is 4.90 Å². The number of unbranched alkanes of at least 4 members (excludes halogenated alkanes) is 1. The second-order valence-corrected chi connectivity index (χ2v) is 4.27. The molecule has 0 saturated carbocycles. The number of nitrogens with zero attached hydrogens (tertiary/aromatic N) is 1. The number of halogens is 1. The Morgan fingerprint density at radius 3 is 2.76 bits per heavy atom. The van der Waals surface area contributed by atoms with Crippen molar-refractivity contribution in [3.05, 3.63) is 28.8 Å². The molecule has 1 aromatic rings. The van der Waals surface area contributed by atoms with Gasteiger partial charge >= 0.3 is 0 Å². The molecule has 0 fully saturated rings. The normalized spacial score (nSPS) is 10.3.